The van der Waals surface area contributed by atoms with Crippen molar-refractivity contribution in [3.8, 4) is 0 Å². The first-order valence-corrected chi connectivity index (χ1v) is 7.03. The van der Waals surface area contributed by atoms with Crippen LogP contribution in [0.1, 0.15) is 9.67 Å². The van der Waals surface area contributed by atoms with Crippen molar-refractivity contribution in [2.75, 3.05) is 32.8 Å². The van der Waals surface area contributed by atoms with Gasteiger partial charge in [-0.2, -0.15) is 0 Å². The van der Waals surface area contributed by atoms with Crippen LogP contribution in [0.3, 0.4) is 0 Å². The summed E-state index contributed by atoms with van der Waals surface area (Å²) < 4.78 is 6.31. The van der Waals surface area contributed by atoms with Crippen LogP contribution in [0.25, 0.3) is 0 Å². The fourth-order valence-electron chi connectivity index (χ4n) is 1.78. The maximum absolute atomic E-state index is 12.0. The second-order valence-electron chi connectivity index (χ2n) is 3.94. The lowest BCUT2D eigenvalue weighted by molar-refractivity contribution is -0.0503. The molecule has 1 aromatic rings. The molecule has 0 aliphatic carbocycles. The molecule has 0 radical (unpaired) electrons. The number of ether oxygens (including phenoxy) is 1. The summed E-state index contributed by atoms with van der Waals surface area (Å²) in [6.07, 6.45) is -0.161. The smallest absolute Gasteiger partial charge is 0.186 e. The lowest BCUT2D eigenvalue weighted by atomic mass is 10.2. The fourth-order valence-corrected chi connectivity index (χ4v) is 3.10. The van der Waals surface area contributed by atoms with Crippen LogP contribution < -0.4 is 0 Å². The monoisotopic (exact) mass is 319 g/mol. The van der Waals surface area contributed by atoms with E-state index >= 15 is 0 Å². The third-order valence-corrected chi connectivity index (χ3v) is 4.31. The normalized spacial score (nSPS) is 21.6. The molecule has 2 rings (SSSR count). The quantitative estimate of drug-likeness (QED) is 0.852. The highest BCUT2D eigenvalue weighted by molar-refractivity contribution is 9.11. The number of rotatable bonds is 4. The molecular weight excluding hydrogens is 306 g/mol. The maximum Gasteiger partial charge on any atom is 0.186 e. The van der Waals surface area contributed by atoms with Crippen molar-refractivity contribution in [2.24, 2.45) is 0 Å². The Labute approximate surface area is 112 Å². The number of Topliss-reactive ketones (excluding diaryl/α,β-unsaturated/α-hetero) is 1. The summed E-state index contributed by atoms with van der Waals surface area (Å²) in [5.41, 5.74) is 0. The number of morpholine rings is 1. The van der Waals surface area contributed by atoms with Gasteiger partial charge in [0.05, 0.1) is 34.5 Å². The van der Waals surface area contributed by atoms with E-state index in [4.69, 9.17) is 9.84 Å². The standard InChI is InChI=1S/C11H14BrNO3S/c12-11-2-1-10(17-11)9(15)6-13-3-4-16-8(5-13)7-14/h1-2,8,14H,3-7H2. The molecule has 1 N–H and O–H groups in total. The van der Waals surface area contributed by atoms with Gasteiger partial charge in [-0.05, 0) is 28.1 Å². The first-order valence-electron chi connectivity index (χ1n) is 5.42. The molecule has 1 aliphatic rings. The number of halogens is 1. The molecule has 94 valence electrons. The number of hydrogen-bond acceptors (Lipinski definition) is 5. The van der Waals surface area contributed by atoms with Gasteiger partial charge in [0.1, 0.15) is 0 Å². The molecular formula is C11H14BrNO3S. The van der Waals surface area contributed by atoms with Crippen molar-refractivity contribution in [3.05, 3.63) is 20.8 Å². The number of hydrogen-bond donors (Lipinski definition) is 1. The van der Waals surface area contributed by atoms with Gasteiger partial charge in [-0.3, -0.25) is 9.69 Å². The lowest BCUT2D eigenvalue weighted by Crippen LogP contribution is -2.45. The Morgan fingerprint density at radius 2 is 2.47 bits per heavy atom. The van der Waals surface area contributed by atoms with E-state index in [1.807, 2.05) is 17.0 Å². The Bertz CT molecular complexity index is 396. The van der Waals surface area contributed by atoms with Crippen LogP contribution in [0.15, 0.2) is 15.9 Å². The van der Waals surface area contributed by atoms with Gasteiger partial charge < -0.3 is 9.84 Å². The molecule has 0 aromatic carbocycles. The van der Waals surface area contributed by atoms with Gasteiger partial charge in [0.2, 0.25) is 0 Å². The molecule has 1 aliphatic heterocycles. The van der Waals surface area contributed by atoms with E-state index < -0.39 is 0 Å². The highest BCUT2D eigenvalue weighted by Gasteiger charge is 2.22. The van der Waals surface area contributed by atoms with E-state index in [2.05, 4.69) is 15.9 Å². The van der Waals surface area contributed by atoms with Gasteiger partial charge >= 0.3 is 0 Å². The largest absolute Gasteiger partial charge is 0.394 e. The molecule has 1 fully saturated rings. The summed E-state index contributed by atoms with van der Waals surface area (Å²) in [5.74, 6) is 0.124. The Morgan fingerprint density at radius 3 is 3.12 bits per heavy atom. The molecule has 0 bridgehead atoms. The molecule has 17 heavy (non-hydrogen) atoms. The number of nitrogens with zero attached hydrogens (tertiary/aromatic N) is 1. The van der Waals surface area contributed by atoms with Crippen molar-refractivity contribution in [2.45, 2.75) is 6.10 Å². The molecule has 1 saturated heterocycles. The Hall–Kier alpha value is -0.270. The van der Waals surface area contributed by atoms with E-state index in [9.17, 15) is 4.79 Å². The van der Waals surface area contributed by atoms with Crippen LogP contribution in [-0.4, -0.2) is 54.7 Å². The van der Waals surface area contributed by atoms with Crippen molar-refractivity contribution in [1.29, 1.82) is 0 Å². The van der Waals surface area contributed by atoms with Crippen LogP contribution in [0.4, 0.5) is 0 Å². The summed E-state index contributed by atoms with van der Waals surface area (Å²) in [4.78, 5) is 14.8. The van der Waals surface area contributed by atoms with E-state index in [1.165, 1.54) is 11.3 Å². The number of carbonyl (C=O) groups is 1. The van der Waals surface area contributed by atoms with Crippen molar-refractivity contribution >= 4 is 33.0 Å². The van der Waals surface area contributed by atoms with Gasteiger partial charge in [0.25, 0.3) is 0 Å². The zero-order valence-electron chi connectivity index (χ0n) is 9.26. The van der Waals surface area contributed by atoms with Crippen LogP contribution >= 0.6 is 27.3 Å². The summed E-state index contributed by atoms with van der Waals surface area (Å²) in [5, 5.41) is 9.02. The Kier molecular flexibility index (Phi) is 4.69. The predicted molar refractivity (Wildman–Crippen MR) is 69.6 cm³/mol. The lowest BCUT2D eigenvalue weighted by Gasteiger charge is -2.31. The molecule has 1 unspecified atom stereocenters. The topological polar surface area (TPSA) is 49.8 Å². The predicted octanol–water partition coefficient (Wildman–Crippen LogP) is 1.39. The minimum absolute atomic E-state index is 0.00917. The first-order chi connectivity index (χ1) is 8.19. The number of aliphatic hydroxyl groups excluding tert-OH is 1. The zero-order valence-corrected chi connectivity index (χ0v) is 11.7. The zero-order chi connectivity index (χ0) is 12.3. The third kappa shape index (κ3) is 3.59. The Balaban J connectivity index is 1.90. The SMILES string of the molecule is O=C(CN1CCOC(CO)C1)c1ccc(Br)s1. The summed E-state index contributed by atoms with van der Waals surface area (Å²) in [6, 6.07) is 3.72. The van der Waals surface area contributed by atoms with E-state index in [0.717, 1.165) is 15.2 Å². The maximum atomic E-state index is 12.0. The summed E-state index contributed by atoms with van der Waals surface area (Å²) >= 11 is 4.80. The average molecular weight is 320 g/mol. The third-order valence-electron chi connectivity index (χ3n) is 2.64. The van der Waals surface area contributed by atoms with Crippen molar-refractivity contribution in [3.63, 3.8) is 0 Å². The number of aliphatic hydroxyl groups is 1. The van der Waals surface area contributed by atoms with Gasteiger partial charge in [-0.1, -0.05) is 0 Å². The molecule has 6 heteroatoms. The highest BCUT2D eigenvalue weighted by atomic mass is 79.9. The van der Waals surface area contributed by atoms with E-state index in [-0.39, 0.29) is 18.5 Å². The molecule has 0 spiro atoms. The van der Waals surface area contributed by atoms with E-state index in [0.29, 0.717) is 19.7 Å². The molecule has 1 aromatic heterocycles. The van der Waals surface area contributed by atoms with Gasteiger partial charge in [-0.25, -0.2) is 0 Å². The summed E-state index contributed by atoms with van der Waals surface area (Å²) in [6.45, 7) is 2.35. The number of ketones is 1. The highest BCUT2D eigenvalue weighted by Crippen LogP contribution is 2.22. The second kappa shape index (κ2) is 6.06. The van der Waals surface area contributed by atoms with Crippen LogP contribution in [0.5, 0.6) is 0 Å². The second-order valence-corrected chi connectivity index (χ2v) is 6.40. The summed E-state index contributed by atoms with van der Waals surface area (Å²) in [7, 11) is 0. The molecule has 1 atom stereocenters. The van der Waals surface area contributed by atoms with Gasteiger partial charge in [0.15, 0.2) is 5.78 Å². The van der Waals surface area contributed by atoms with Crippen LogP contribution in [-0.2, 0) is 4.74 Å². The average Bonchev–Trinajstić information content (AvgIpc) is 2.76. The van der Waals surface area contributed by atoms with Crippen molar-refractivity contribution in [1.82, 2.24) is 4.90 Å². The molecule has 0 saturated carbocycles. The number of carbonyl (C=O) groups excluding carboxylic acids is 1. The van der Waals surface area contributed by atoms with Gasteiger partial charge in [0, 0.05) is 13.1 Å². The minimum Gasteiger partial charge on any atom is -0.394 e. The molecule has 2 heterocycles. The van der Waals surface area contributed by atoms with Crippen molar-refractivity contribution < 1.29 is 14.6 Å². The minimum atomic E-state index is -0.161. The fraction of sp³-hybridized carbons (Fsp3) is 0.545. The van der Waals surface area contributed by atoms with Crippen LogP contribution in [0.2, 0.25) is 0 Å². The number of thiophene rings is 1. The molecule has 4 nitrogen and oxygen atoms in total. The van der Waals surface area contributed by atoms with E-state index in [1.54, 1.807) is 0 Å². The van der Waals surface area contributed by atoms with Crippen LogP contribution in [0, 0.1) is 0 Å². The van der Waals surface area contributed by atoms with Gasteiger partial charge in [-0.15, -0.1) is 11.3 Å². The first kappa shape index (κ1) is 13.2. The Morgan fingerprint density at radius 1 is 1.65 bits per heavy atom. The molecule has 0 amide bonds.